The third kappa shape index (κ3) is 2.87. The molecule has 1 fully saturated rings. The van der Waals surface area contributed by atoms with Gasteiger partial charge in [-0.1, -0.05) is 6.92 Å². The smallest absolute Gasteiger partial charge is 0.326 e. The standard InChI is InChI=1S/C10H17NO3S/c1-3-7(8(12)13)11-9(14)10(2)5-4-6-15-10/h7H,3-6H2,1-2H3,(H,11,14)(H,12,13)/t7-,10?/m0/s1. The number of rotatable bonds is 4. The Morgan fingerprint density at radius 2 is 2.27 bits per heavy atom. The highest BCUT2D eigenvalue weighted by Crippen LogP contribution is 2.37. The Bertz CT molecular complexity index is 261. The first-order valence-corrected chi connectivity index (χ1v) is 6.16. The van der Waals surface area contributed by atoms with Crippen molar-refractivity contribution in [3.8, 4) is 0 Å². The van der Waals surface area contributed by atoms with Crippen molar-refractivity contribution in [1.82, 2.24) is 5.32 Å². The Hall–Kier alpha value is -0.710. The monoisotopic (exact) mass is 231 g/mol. The fraction of sp³-hybridized carbons (Fsp3) is 0.800. The molecule has 2 atom stereocenters. The van der Waals surface area contributed by atoms with Gasteiger partial charge in [0.05, 0.1) is 4.75 Å². The summed E-state index contributed by atoms with van der Waals surface area (Å²) in [7, 11) is 0. The van der Waals surface area contributed by atoms with Gasteiger partial charge in [-0.15, -0.1) is 11.8 Å². The van der Waals surface area contributed by atoms with Crippen LogP contribution < -0.4 is 5.32 Å². The van der Waals surface area contributed by atoms with E-state index in [-0.39, 0.29) is 5.91 Å². The Labute approximate surface area is 93.8 Å². The van der Waals surface area contributed by atoms with Gasteiger partial charge in [0.2, 0.25) is 5.91 Å². The highest BCUT2D eigenvalue weighted by atomic mass is 32.2. The molecular weight excluding hydrogens is 214 g/mol. The fourth-order valence-corrected chi connectivity index (χ4v) is 2.83. The second kappa shape index (κ2) is 4.88. The molecule has 0 bridgehead atoms. The molecule has 4 nitrogen and oxygen atoms in total. The minimum absolute atomic E-state index is 0.140. The van der Waals surface area contributed by atoms with Crippen LogP contribution in [0.5, 0.6) is 0 Å². The molecule has 1 rings (SSSR count). The maximum absolute atomic E-state index is 11.8. The van der Waals surface area contributed by atoms with E-state index < -0.39 is 16.8 Å². The number of aliphatic carboxylic acids is 1. The summed E-state index contributed by atoms with van der Waals surface area (Å²) in [5, 5.41) is 11.4. The first-order valence-electron chi connectivity index (χ1n) is 5.17. The van der Waals surface area contributed by atoms with E-state index in [1.165, 1.54) is 0 Å². The van der Waals surface area contributed by atoms with Gasteiger partial charge in [-0.05, 0) is 31.9 Å². The van der Waals surface area contributed by atoms with Crippen LogP contribution in [-0.4, -0.2) is 33.5 Å². The lowest BCUT2D eigenvalue weighted by atomic mass is 10.0. The Morgan fingerprint density at radius 1 is 1.60 bits per heavy atom. The molecular formula is C10H17NO3S. The zero-order valence-corrected chi connectivity index (χ0v) is 9.89. The number of nitrogens with one attached hydrogen (secondary N) is 1. The number of hydrogen-bond donors (Lipinski definition) is 2. The molecule has 0 radical (unpaired) electrons. The molecule has 15 heavy (non-hydrogen) atoms. The lowest BCUT2D eigenvalue weighted by Crippen LogP contribution is -2.48. The Morgan fingerprint density at radius 3 is 2.67 bits per heavy atom. The quantitative estimate of drug-likeness (QED) is 0.764. The van der Waals surface area contributed by atoms with Crippen molar-refractivity contribution < 1.29 is 14.7 Å². The second-order valence-electron chi connectivity index (χ2n) is 3.96. The van der Waals surface area contributed by atoms with Gasteiger partial charge in [0.1, 0.15) is 6.04 Å². The van der Waals surface area contributed by atoms with E-state index in [0.717, 1.165) is 18.6 Å². The maximum atomic E-state index is 11.8. The molecule has 1 unspecified atom stereocenters. The van der Waals surface area contributed by atoms with Crippen molar-refractivity contribution in [2.24, 2.45) is 0 Å². The number of carbonyl (C=O) groups excluding carboxylic acids is 1. The highest BCUT2D eigenvalue weighted by molar-refractivity contribution is 8.01. The van der Waals surface area contributed by atoms with Crippen LogP contribution in [0.15, 0.2) is 0 Å². The molecule has 0 spiro atoms. The minimum Gasteiger partial charge on any atom is -0.480 e. The fourth-order valence-electron chi connectivity index (χ4n) is 1.61. The molecule has 1 saturated heterocycles. The van der Waals surface area contributed by atoms with Crippen molar-refractivity contribution >= 4 is 23.6 Å². The molecule has 1 amide bonds. The first-order chi connectivity index (χ1) is 6.99. The summed E-state index contributed by atoms with van der Waals surface area (Å²) >= 11 is 1.61. The van der Waals surface area contributed by atoms with E-state index >= 15 is 0 Å². The van der Waals surface area contributed by atoms with Crippen molar-refractivity contribution in [2.75, 3.05) is 5.75 Å². The van der Waals surface area contributed by atoms with E-state index in [1.54, 1.807) is 18.7 Å². The van der Waals surface area contributed by atoms with Crippen molar-refractivity contribution in [2.45, 2.75) is 43.9 Å². The van der Waals surface area contributed by atoms with E-state index in [9.17, 15) is 9.59 Å². The van der Waals surface area contributed by atoms with E-state index in [0.29, 0.717) is 6.42 Å². The Balaban J connectivity index is 2.57. The van der Waals surface area contributed by atoms with Gasteiger partial charge in [0.25, 0.3) is 0 Å². The zero-order chi connectivity index (χ0) is 11.5. The number of hydrogen-bond acceptors (Lipinski definition) is 3. The third-order valence-corrected chi connectivity index (χ3v) is 4.23. The molecule has 1 aliphatic heterocycles. The molecule has 0 aromatic rings. The molecule has 2 N–H and O–H groups in total. The largest absolute Gasteiger partial charge is 0.480 e. The maximum Gasteiger partial charge on any atom is 0.326 e. The second-order valence-corrected chi connectivity index (χ2v) is 5.55. The SMILES string of the molecule is CC[C@H](NC(=O)C1(C)CCCS1)C(=O)O. The number of carboxylic acids is 1. The van der Waals surface area contributed by atoms with Crippen LogP contribution in [0.4, 0.5) is 0 Å². The summed E-state index contributed by atoms with van der Waals surface area (Å²) in [5.41, 5.74) is 0. The molecule has 1 heterocycles. The zero-order valence-electron chi connectivity index (χ0n) is 9.08. The summed E-state index contributed by atoms with van der Waals surface area (Å²) in [6, 6.07) is -0.754. The van der Waals surface area contributed by atoms with Crippen LogP contribution >= 0.6 is 11.8 Å². The van der Waals surface area contributed by atoms with Crippen molar-refractivity contribution in [1.29, 1.82) is 0 Å². The number of thioether (sulfide) groups is 1. The summed E-state index contributed by atoms with van der Waals surface area (Å²) in [6.07, 6.45) is 2.28. The number of amides is 1. The van der Waals surface area contributed by atoms with Gasteiger partial charge in [0, 0.05) is 0 Å². The van der Waals surface area contributed by atoms with Crippen LogP contribution in [0.3, 0.4) is 0 Å². The van der Waals surface area contributed by atoms with Gasteiger partial charge in [-0.3, -0.25) is 4.79 Å². The molecule has 0 aromatic heterocycles. The normalized spacial score (nSPS) is 27.3. The van der Waals surface area contributed by atoms with Gasteiger partial charge >= 0.3 is 5.97 Å². The van der Waals surface area contributed by atoms with Gasteiger partial charge in [0.15, 0.2) is 0 Å². The molecule has 0 aromatic carbocycles. The molecule has 5 heteroatoms. The summed E-state index contributed by atoms with van der Waals surface area (Å²) < 4.78 is -0.428. The van der Waals surface area contributed by atoms with Gasteiger partial charge in [-0.2, -0.15) is 0 Å². The van der Waals surface area contributed by atoms with E-state index in [1.807, 2.05) is 6.92 Å². The lowest BCUT2D eigenvalue weighted by molar-refractivity contribution is -0.142. The van der Waals surface area contributed by atoms with Gasteiger partial charge in [-0.25, -0.2) is 4.79 Å². The van der Waals surface area contributed by atoms with Crippen LogP contribution in [0.1, 0.15) is 33.1 Å². The number of carbonyl (C=O) groups is 2. The van der Waals surface area contributed by atoms with Gasteiger partial charge < -0.3 is 10.4 Å². The molecule has 0 aliphatic carbocycles. The molecule has 86 valence electrons. The first kappa shape index (κ1) is 12.4. The van der Waals surface area contributed by atoms with Crippen LogP contribution in [0.25, 0.3) is 0 Å². The summed E-state index contributed by atoms with van der Waals surface area (Å²) in [6.45, 7) is 3.64. The average Bonchev–Trinajstić information content (AvgIpc) is 2.61. The predicted octanol–water partition coefficient (Wildman–Crippen LogP) is 1.25. The average molecular weight is 231 g/mol. The van der Waals surface area contributed by atoms with Crippen molar-refractivity contribution in [3.63, 3.8) is 0 Å². The topological polar surface area (TPSA) is 66.4 Å². The lowest BCUT2D eigenvalue weighted by Gasteiger charge is -2.23. The third-order valence-electron chi connectivity index (χ3n) is 2.71. The van der Waals surface area contributed by atoms with Crippen LogP contribution in [0, 0.1) is 0 Å². The number of carboxylic acid groups (broad SMARTS) is 1. The highest BCUT2D eigenvalue weighted by Gasteiger charge is 2.38. The van der Waals surface area contributed by atoms with Crippen LogP contribution in [0.2, 0.25) is 0 Å². The van der Waals surface area contributed by atoms with E-state index in [4.69, 9.17) is 5.11 Å². The molecule has 1 aliphatic rings. The Kier molecular flexibility index (Phi) is 4.02. The summed E-state index contributed by atoms with van der Waals surface area (Å²) in [4.78, 5) is 22.6. The molecule has 0 saturated carbocycles. The van der Waals surface area contributed by atoms with E-state index in [2.05, 4.69) is 5.32 Å². The van der Waals surface area contributed by atoms with Crippen molar-refractivity contribution in [3.05, 3.63) is 0 Å². The summed E-state index contributed by atoms with van der Waals surface area (Å²) in [5.74, 6) is -0.120. The predicted molar refractivity (Wildman–Crippen MR) is 60.0 cm³/mol. The minimum atomic E-state index is -0.961. The van der Waals surface area contributed by atoms with Crippen LogP contribution in [-0.2, 0) is 9.59 Å².